The largest absolute Gasteiger partial charge is 0.398 e. The van der Waals surface area contributed by atoms with E-state index < -0.39 is 0 Å². The van der Waals surface area contributed by atoms with Crippen LogP contribution < -0.4 is 11.1 Å². The van der Waals surface area contributed by atoms with Crippen molar-refractivity contribution in [3.05, 3.63) is 22.2 Å². The summed E-state index contributed by atoms with van der Waals surface area (Å²) in [7, 11) is 0. The van der Waals surface area contributed by atoms with Gasteiger partial charge in [0.25, 0.3) is 0 Å². The summed E-state index contributed by atoms with van der Waals surface area (Å²) in [5, 5.41) is 4.51. The second-order valence-corrected chi connectivity index (χ2v) is 7.03. The van der Waals surface area contributed by atoms with Crippen molar-refractivity contribution >= 4 is 39.1 Å². The molecule has 0 unspecified atom stereocenters. The van der Waals surface area contributed by atoms with Gasteiger partial charge in [-0.1, -0.05) is 0 Å². The molecule has 100 valence electrons. The van der Waals surface area contributed by atoms with E-state index in [-0.39, 0.29) is 0 Å². The zero-order valence-corrected chi connectivity index (χ0v) is 13.4. The van der Waals surface area contributed by atoms with Gasteiger partial charge in [-0.25, -0.2) is 0 Å². The Morgan fingerprint density at radius 3 is 2.56 bits per heavy atom. The van der Waals surface area contributed by atoms with Crippen LogP contribution in [0.15, 0.2) is 16.6 Å². The molecule has 3 N–H and O–H groups in total. The topological polar surface area (TPSA) is 38.0 Å². The highest BCUT2D eigenvalue weighted by atomic mass is 79.9. The van der Waals surface area contributed by atoms with Crippen LogP contribution >= 0.6 is 27.7 Å². The molecule has 0 radical (unpaired) electrons. The first-order valence-corrected chi connectivity index (χ1v) is 8.53. The maximum Gasteiger partial charge on any atom is 0.0490 e. The molecule has 0 aliphatic heterocycles. The van der Waals surface area contributed by atoms with Gasteiger partial charge < -0.3 is 11.1 Å². The van der Waals surface area contributed by atoms with Gasteiger partial charge in [-0.3, -0.25) is 0 Å². The van der Waals surface area contributed by atoms with Gasteiger partial charge in [-0.15, -0.1) is 0 Å². The molecule has 0 saturated heterocycles. The van der Waals surface area contributed by atoms with Crippen LogP contribution in [0, 0.1) is 6.92 Å². The average molecular weight is 329 g/mol. The van der Waals surface area contributed by atoms with Crippen LogP contribution in [0.2, 0.25) is 0 Å². The monoisotopic (exact) mass is 328 g/mol. The van der Waals surface area contributed by atoms with E-state index in [9.17, 15) is 0 Å². The first kappa shape index (κ1) is 14.1. The molecule has 0 aromatic heterocycles. The lowest BCUT2D eigenvalue weighted by Crippen LogP contribution is -2.27. The van der Waals surface area contributed by atoms with Gasteiger partial charge in [0.2, 0.25) is 0 Å². The Kier molecular flexibility index (Phi) is 4.84. The summed E-state index contributed by atoms with van der Waals surface area (Å²) in [5.74, 6) is 0. The SMILES string of the molecule is CSC1CCC(Nc2cc(C)c(N)cc2Br)CC1. The molecule has 18 heavy (non-hydrogen) atoms. The van der Waals surface area contributed by atoms with Gasteiger partial charge in [-0.2, -0.15) is 11.8 Å². The van der Waals surface area contributed by atoms with Crippen LogP contribution in [0.1, 0.15) is 31.2 Å². The Morgan fingerprint density at radius 1 is 1.28 bits per heavy atom. The summed E-state index contributed by atoms with van der Waals surface area (Å²) in [6.07, 6.45) is 7.40. The molecule has 2 rings (SSSR count). The van der Waals surface area contributed by atoms with Crippen LogP contribution in [0.4, 0.5) is 11.4 Å². The van der Waals surface area contributed by atoms with Crippen molar-refractivity contribution in [3.8, 4) is 0 Å². The number of benzene rings is 1. The van der Waals surface area contributed by atoms with Crippen LogP contribution in [0.3, 0.4) is 0 Å². The highest BCUT2D eigenvalue weighted by Crippen LogP contribution is 2.32. The van der Waals surface area contributed by atoms with Gasteiger partial charge >= 0.3 is 0 Å². The Bertz CT molecular complexity index is 415. The highest BCUT2D eigenvalue weighted by Gasteiger charge is 2.20. The fourth-order valence-corrected chi connectivity index (χ4v) is 3.69. The molecule has 0 heterocycles. The Labute approximate surface area is 122 Å². The van der Waals surface area contributed by atoms with Crippen molar-refractivity contribution in [2.24, 2.45) is 0 Å². The second-order valence-electron chi connectivity index (χ2n) is 5.04. The molecule has 1 aromatic carbocycles. The minimum Gasteiger partial charge on any atom is -0.398 e. The third kappa shape index (κ3) is 3.35. The van der Waals surface area contributed by atoms with E-state index in [1.807, 2.05) is 17.8 Å². The summed E-state index contributed by atoms with van der Waals surface area (Å²) in [6, 6.07) is 4.73. The maximum atomic E-state index is 5.90. The molecule has 0 amide bonds. The first-order valence-electron chi connectivity index (χ1n) is 6.45. The quantitative estimate of drug-likeness (QED) is 0.806. The van der Waals surface area contributed by atoms with Crippen LogP contribution in [0.25, 0.3) is 0 Å². The molecule has 4 heteroatoms. The number of nitrogens with one attached hydrogen (secondary N) is 1. The van der Waals surface area contributed by atoms with Crippen LogP contribution in [-0.2, 0) is 0 Å². The molecule has 1 saturated carbocycles. The van der Waals surface area contributed by atoms with Crippen molar-refractivity contribution < 1.29 is 0 Å². The fraction of sp³-hybridized carbons (Fsp3) is 0.571. The van der Waals surface area contributed by atoms with Crippen molar-refractivity contribution in [2.45, 2.75) is 43.9 Å². The molecule has 1 aliphatic carbocycles. The summed E-state index contributed by atoms with van der Waals surface area (Å²) < 4.78 is 1.07. The number of rotatable bonds is 3. The number of nitrogens with two attached hydrogens (primary N) is 1. The summed E-state index contributed by atoms with van der Waals surface area (Å²) in [4.78, 5) is 0. The van der Waals surface area contributed by atoms with E-state index in [2.05, 4.69) is 40.5 Å². The molecule has 1 aromatic rings. The Morgan fingerprint density at radius 2 is 1.94 bits per heavy atom. The number of aryl methyl sites for hydroxylation is 1. The van der Waals surface area contributed by atoms with Gasteiger partial charge in [0, 0.05) is 27.1 Å². The lowest BCUT2D eigenvalue weighted by Gasteiger charge is -2.29. The summed E-state index contributed by atoms with van der Waals surface area (Å²) in [5.41, 5.74) is 9.06. The average Bonchev–Trinajstić information content (AvgIpc) is 2.37. The number of hydrogen-bond donors (Lipinski definition) is 2. The van der Waals surface area contributed by atoms with E-state index >= 15 is 0 Å². The Hall–Kier alpha value is -0.350. The molecular formula is C14H21BrN2S. The van der Waals surface area contributed by atoms with Crippen molar-refractivity contribution in [1.82, 2.24) is 0 Å². The summed E-state index contributed by atoms with van der Waals surface area (Å²) in [6.45, 7) is 2.05. The van der Waals surface area contributed by atoms with Crippen molar-refractivity contribution in [3.63, 3.8) is 0 Å². The maximum absolute atomic E-state index is 5.90. The van der Waals surface area contributed by atoms with Gasteiger partial charge in [0.1, 0.15) is 0 Å². The molecule has 0 bridgehead atoms. The zero-order chi connectivity index (χ0) is 13.1. The molecule has 0 spiro atoms. The number of hydrogen-bond acceptors (Lipinski definition) is 3. The lowest BCUT2D eigenvalue weighted by atomic mass is 9.94. The minimum absolute atomic E-state index is 0.604. The van der Waals surface area contributed by atoms with Crippen molar-refractivity contribution in [2.75, 3.05) is 17.3 Å². The van der Waals surface area contributed by atoms with E-state index in [0.717, 1.165) is 21.0 Å². The van der Waals surface area contributed by atoms with E-state index in [0.29, 0.717) is 6.04 Å². The predicted octanol–water partition coefficient (Wildman–Crippen LogP) is 4.43. The fourth-order valence-electron chi connectivity index (χ4n) is 2.47. The normalized spacial score (nSPS) is 23.9. The molecule has 1 aliphatic rings. The minimum atomic E-state index is 0.604. The third-order valence-electron chi connectivity index (χ3n) is 3.72. The zero-order valence-electron chi connectivity index (χ0n) is 11.0. The number of anilines is 2. The number of halogens is 1. The summed E-state index contributed by atoms with van der Waals surface area (Å²) >= 11 is 5.60. The van der Waals surface area contributed by atoms with Gasteiger partial charge in [0.15, 0.2) is 0 Å². The van der Waals surface area contributed by atoms with Gasteiger partial charge in [0.05, 0.1) is 0 Å². The van der Waals surface area contributed by atoms with Gasteiger partial charge in [-0.05, 0) is 72.5 Å². The van der Waals surface area contributed by atoms with E-state index in [4.69, 9.17) is 5.73 Å². The smallest absolute Gasteiger partial charge is 0.0490 e. The van der Waals surface area contributed by atoms with E-state index in [1.54, 1.807) is 0 Å². The molecule has 1 fully saturated rings. The standard InChI is InChI=1S/C14H21BrN2S/c1-9-7-14(12(15)8-13(9)16)17-10-3-5-11(18-2)6-4-10/h7-8,10-11,17H,3-6,16H2,1-2H3. The first-order chi connectivity index (χ1) is 8.60. The predicted molar refractivity (Wildman–Crippen MR) is 86.5 cm³/mol. The van der Waals surface area contributed by atoms with Crippen LogP contribution in [-0.4, -0.2) is 17.5 Å². The van der Waals surface area contributed by atoms with E-state index in [1.165, 1.54) is 31.4 Å². The molecular weight excluding hydrogens is 308 g/mol. The Balaban J connectivity index is 2.00. The molecule has 0 atom stereocenters. The van der Waals surface area contributed by atoms with Crippen molar-refractivity contribution in [1.29, 1.82) is 0 Å². The second kappa shape index (κ2) is 6.20. The highest BCUT2D eigenvalue weighted by molar-refractivity contribution is 9.10. The lowest BCUT2D eigenvalue weighted by molar-refractivity contribution is 0.473. The number of thioether (sulfide) groups is 1. The number of nitrogen functional groups attached to an aromatic ring is 1. The van der Waals surface area contributed by atoms with Crippen LogP contribution in [0.5, 0.6) is 0 Å². The third-order valence-corrected chi connectivity index (χ3v) is 5.52. The molecule has 2 nitrogen and oxygen atoms in total.